The van der Waals surface area contributed by atoms with Gasteiger partial charge >= 0.3 is 6.03 Å². The molecule has 3 aromatic rings. The van der Waals surface area contributed by atoms with Crippen LogP contribution in [-0.2, 0) is 14.3 Å². The number of allylic oxidation sites excluding steroid dienone is 3. The summed E-state index contributed by atoms with van der Waals surface area (Å²) in [7, 11) is 1.52. The van der Waals surface area contributed by atoms with Crippen LogP contribution in [0.3, 0.4) is 0 Å². The zero-order valence-electron chi connectivity index (χ0n) is 26.9. The first-order valence-corrected chi connectivity index (χ1v) is 17.9. The van der Waals surface area contributed by atoms with Crippen LogP contribution < -0.4 is 9.80 Å². The lowest BCUT2D eigenvalue weighted by Crippen LogP contribution is -2.57. The van der Waals surface area contributed by atoms with Crippen molar-refractivity contribution in [1.29, 1.82) is 0 Å². The molecule has 3 aromatic carbocycles. The average Bonchev–Trinajstić information content (AvgIpc) is 3.61. The minimum Gasteiger partial charge on any atom is -0.383 e. The predicted octanol–water partition coefficient (Wildman–Crippen LogP) is 8.27. The summed E-state index contributed by atoms with van der Waals surface area (Å²) in [4.78, 5) is 50.9. The molecule has 0 radical (unpaired) electrons. The summed E-state index contributed by atoms with van der Waals surface area (Å²) in [5, 5.41) is 4.66. The van der Waals surface area contributed by atoms with Crippen molar-refractivity contribution in [1.82, 2.24) is 9.80 Å². The van der Waals surface area contributed by atoms with Crippen LogP contribution >= 0.6 is 35.1 Å². The highest BCUT2D eigenvalue weighted by Gasteiger charge is 2.43. The van der Waals surface area contributed by atoms with E-state index in [0.717, 1.165) is 53.3 Å². The molecule has 1 fully saturated rings. The number of thioether (sulfide) groups is 2. The van der Waals surface area contributed by atoms with E-state index in [1.54, 1.807) is 23.5 Å². The number of imide groups is 2. The Kier molecular flexibility index (Phi) is 10.0. The first-order valence-electron chi connectivity index (χ1n) is 15.9. The van der Waals surface area contributed by atoms with E-state index in [9.17, 15) is 14.4 Å². The summed E-state index contributed by atoms with van der Waals surface area (Å²) >= 11 is 9.57. The van der Waals surface area contributed by atoms with Crippen LogP contribution in [0.25, 0.3) is 10.8 Å². The number of amides is 4. The van der Waals surface area contributed by atoms with Gasteiger partial charge in [-0.2, -0.15) is 0 Å². The first-order chi connectivity index (χ1) is 22.8. The van der Waals surface area contributed by atoms with E-state index in [1.165, 1.54) is 12.0 Å². The van der Waals surface area contributed by atoms with Gasteiger partial charge in [-0.15, -0.1) is 0 Å². The Morgan fingerprint density at radius 1 is 0.809 bits per heavy atom. The van der Waals surface area contributed by atoms with Crippen LogP contribution in [-0.4, -0.2) is 67.5 Å². The van der Waals surface area contributed by atoms with Crippen LogP contribution in [0.15, 0.2) is 97.7 Å². The highest BCUT2D eigenvalue weighted by Crippen LogP contribution is 2.51. The van der Waals surface area contributed by atoms with E-state index in [-0.39, 0.29) is 25.3 Å². The summed E-state index contributed by atoms with van der Waals surface area (Å²) in [5.74, 6) is -1.19. The molecule has 11 heteroatoms. The number of methoxy groups -OCH3 is 1. The number of nitrogens with zero attached hydrogens (tertiary/aromatic N) is 4. The molecule has 3 aliphatic heterocycles. The number of fused-ring (bicyclic) bond motifs is 4. The van der Waals surface area contributed by atoms with Crippen molar-refractivity contribution in [2.24, 2.45) is 0 Å². The number of ether oxygens (including phenoxy) is 1. The number of unbranched alkanes of at least 4 members (excludes halogenated alkanes) is 1. The Hall–Kier alpha value is -3.70. The molecule has 0 saturated carbocycles. The molecule has 0 bridgehead atoms. The van der Waals surface area contributed by atoms with Crippen LogP contribution in [0.4, 0.5) is 16.2 Å². The van der Waals surface area contributed by atoms with Crippen molar-refractivity contribution in [2.45, 2.75) is 43.4 Å². The van der Waals surface area contributed by atoms with Gasteiger partial charge in [0.05, 0.1) is 34.6 Å². The van der Waals surface area contributed by atoms with Crippen molar-refractivity contribution in [3.8, 4) is 0 Å². The summed E-state index contributed by atoms with van der Waals surface area (Å²) < 4.78 is 5.25. The summed E-state index contributed by atoms with van der Waals surface area (Å²) in [6, 6.07) is 17.7. The van der Waals surface area contributed by atoms with Gasteiger partial charge in [0.15, 0.2) is 0 Å². The van der Waals surface area contributed by atoms with Gasteiger partial charge in [0, 0.05) is 46.9 Å². The van der Waals surface area contributed by atoms with Crippen molar-refractivity contribution >= 4 is 75.1 Å². The number of benzene rings is 3. The maximum atomic E-state index is 14.3. The van der Waals surface area contributed by atoms with Gasteiger partial charge in [-0.3, -0.25) is 19.4 Å². The van der Waals surface area contributed by atoms with Crippen LogP contribution in [0, 0.1) is 0 Å². The smallest absolute Gasteiger partial charge is 0.334 e. The van der Waals surface area contributed by atoms with Crippen LogP contribution in [0.2, 0.25) is 5.02 Å². The van der Waals surface area contributed by atoms with Crippen molar-refractivity contribution in [3.05, 3.63) is 93.0 Å². The lowest BCUT2D eigenvalue weighted by molar-refractivity contribution is -0.136. The van der Waals surface area contributed by atoms with Crippen molar-refractivity contribution in [2.75, 3.05) is 49.7 Å². The number of halogens is 1. The number of hydrogen-bond donors (Lipinski definition) is 0. The minimum absolute atomic E-state index is 0.0279. The van der Waals surface area contributed by atoms with Gasteiger partial charge in [-0.1, -0.05) is 78.8 Å². The maximum absolute atomic E-state index is 14.3. The molecule has 0 atom stereocenters. The quantitative estimate of drug-likeness (QED) is 0.156. The Labute approximate surface area is 289 Å². The largest absolute Gasteiger partial charge is 0.383 e. The van der Waals surface area contributed by atoms with E-state index in [1.807, 2.05) is 49.4 Å². The molecular weight excluding hydrogens is 652 g/mol. The SMILES string of the molecule is CCCCN1C(=O)/C(=C(/C=C2Sc3ccc(Cl)cc3N2CC)C=C2Sc3ccc4ccccc4c3N2CC)C(=O)N(CCOC)C1=O. The topological polar surface area (TPSA) is 73.4 Å². The zero-order chi connectivity index (χ0) is 33.2. The Morgan fingerprint density at radius 2 is 1.47 bits per heavy atom. The molecule has 6 rings (SSSR count). The van der Waals surface area contributed by atoms with Crippen molar-refractivity contribution in [3.63, 3.8) is 0 Å². The maximum Gasteiger partial charge on any atom is 0.334 e. The highest BCUT2D eigenvalue weighted by molar-refractivity contribution is 8.04. The fourth-order valence-electron chi connectivity index (χ4n) is 6.08. The van der Waals surface area contributed by atoms with Crippen LogP contribution in [0.1, 0.15) is 33.6 Å². The Bertz CT molecular complexity index is 1820. The third-order valence-electron chi connectivity index (χ3n) is 8.42. The first kappa shape index (κ1) is 33.2. The number of urea groups is 1. The molecule has 47 heavy (non-hydrogen) atoms. The monoisotopic (exact) mass is 688 g/mol. The summed E-state index contributed by atoms with van der Waals surface area (Å²) in [6.45, 7) is 7.92. The van der Waals surface area contributed by atoms with Crippen LogP contribution in [0.5, 0.6) is 0 Å². The normalized spacial score (nSPS) is 19.1. The lowest BCUT2D eigenvalue weighted by Gasteiger charge is -2.34. The second-order valence-corrected chi connectivity index (χ2v) is 13.8. The summed E-state index contributed by atoms with van der Waals surface area (Å²) in [6.07, 6.45) is 5.28. The Morgan fingerprint density at radius 3 is 2.17 bits per heavy atom. The standard InChI is InChI=1S/C36H37ClN4O4S2/c1-5-8-17-40-34(42)32(35(43)41(36(40)44)18-19-45-4)24(20-30-38(6-2)27-22-25(37)14-16-28(27)46-30)21-31-39(7-3)33-26-12-10-9-11-23(26)13-15-29(33)47-31/h9-16,20-22H,5-8,17-19H2,1-4H3/b30-20?,31-21?,32-24+. The molecule has 4 amide bonds. The van der Waals surface area contributed by atoms with E-state index >= 15 is 0 Å². The second-order valence-electron chi connectivity index (χ2n) is 11.3. The van der Waals surface area contributed by atoms with Crippen molar-refractivity contribution < 1.29 is 19.1 Å². The molecular formula is C36H37ClN4O4S2. The van der Waals surface area contributed by atoms with E-state index < -0.39 is 17.8 Å². The number of anilines is 2. The van der Waals surface area contributed by atoms with E-state index in [4.69, 9.17) is 16.3 Å². The number of barbiturate groups is 1. The molecule has 0 unspecified atom stereocenters. The molecule has 0 aliphatic carbocycles. The summed E-state index contributed by atoms with van der Waals surface area (Å²) in [5.41, 5.74) is 2.50. The zero-order valence-corrected chi connectivity index (χ0v) is 29.3. The van der Waals surface area contributed by atoms with Gasteiger partial charge in [0.2, 0.25) is 0 Å². The second kappa shape index (κ2) is 14.2. The van der Waals surface area contributed by atoms with E-state index in [2.05, 4.69) is 47.9 Å². The number of hydrogen-bond acceptors (Lipinski definition) is 8. The third kappa shape index (κ3) is 6.20. The van der Waals surface area contributed by atoms with E-state index in [0.29, 0.717) is 30.1 Å². The van der Waals surface area contributed by atoms with Gasteiger partial charge in [-0.05, 0) is 67.6 Å². The molecule has 3 heterocycles. The fraction of sp³-hybridized carbons (Fsp3) is 0.306. The molecule has 0 aromatic heterocycles. The number of carbonyl (C=O) groups is 3. The third-order valence-corrected chi connectivity index (χ3v) is 10.9. The molecule has 244 valence electrons. The predicted molar refractivity (Wildman–Crippen MR) is 192 cm³/mol. The highest BCUT2D eigenvalue weighted by atomic mass is 35.5. The number of rotatable bonds is 10. The minimum atomic E-state index is -0.617. The molecule has 0 N–H and O–H groups in total. The lowest BCUT2D eigenvalue weighted by atomic mass is 10.0. The average molecular weight is 689 g/mol. The molecule has 0 spiro atoms. The van der Waals surface area contributed by atoms with Gasteiger partial charge in [-0.25, -0.2) is 4.79 Å². The molecule has 8 nitrogen and oxygen atoms in total. The van der Waals surface area contributed by atoms with Gasteiger partial charge in [0.25, 0.3) is 11.8 Å². The molecule has 3 aliphatic rings. The fourth-order valence-corrected chi connectivity index (χ4v) is 8.60. The van der Waals surface area contributed by atoms with Gasteiger partial charge < -0.3 is 14.5 Å². The Balaban J connectivity index is 1.55. The number of carbonyl (C=O) groups excluding carboxylic acids is 3. The van der Waals surface area contributed by atoms with Gasteiger partial charge in [0.1, 0.15) is 5.57 Å². The molecule has 1 saturated heterocycles.